The van der Waals surface area contributed by atoms with E-state index in [0.29, 0.717) is 0 Å². The number of hydrogen-bond donors (Lipinski definition) is 0. The van der Waals surface area contributed by atoms with Gasteiger partial charge in [-0.05, 0) is 75.7 Å². The second-order valence-corrected chi connectivity index (χ2v) is 13.9. The first-order valence-electron chi connectivity index (χ1n) is 15.6. The molecule has 1 aliphatic heterocycles. The maximum Gasteiger partial charge on any atom is 0.138 e. The van der Waals surface area contributed by atoms with Gasteiger partial charge in [0.1, 0.15) is 5.82 Å². The van der Waals surface area contributed by atoms with Gasteiger partial charge in [0.15, 0.2) is 0 Å². The fraction of sp³-hybridized carbons (Fsp3) is 0.0714. The highest BCUT2D eigenvalue weighted by molar-refractivity contribution is 7.25. The summed E-state index contributed by atoms with van der Waals surface area (Å²) in [6.07, 6.45) is 0. The van der Waals surface area contributed by atoms with E-state index in [1.54, 1.807) is 0 Å². The second kappa shape index (κ2) is 8.90. The third kappa shape index (κ3) is 3.42. The minimum Gasteiger partial charge on any atom is -0.294 e. The van der Waals surface area contributed by atoms with Crippen molar-refractivity contribution in [2.45, 2.75) is 19.3 Å². The second-order valence-electron chi connectivity index (χ2n) is 12.8. The van der Waals surface area contributed by atoms with Crippen molar-refractivity contribution in [3.8, 4) is 33.5 Å². The molecule has 45 heavy (non-hydrogen) atoms. The number of thiophene rings is 1. The van der Waals surface area contributed by atoms with Crippen LogP contribution in [0.1, 0.15) is 25.0 Å². The number of anilines is 3. The molecule has 3 heterocycles. The zero-order valence-electron chi connectivity index (χ0n) is 25.0. The monoisotopic (exact) mass is 592 g/mol. The van der Waals surface area contributed by atoms with Gasteiger partial charge in [-0.1, -0.05) is 105 Å². The van der Waals surface area contributed by atoms with Crippen molar-refractivity contribution in [2.75, 3.05) is 4.90 Å². The normalized spacial score (nSPS) is 14.1. The van der Waals surface area contributed by atoms with Gasteiger partial charge in [0.2, 0.25) is 0 Å². The van der Waals surface area contributed by atoms with E-state index in [1.165, 1.54) is 75.7 Å². The number of nitrogens with zero attached hydrogens (tertiary/aromatic N) is 2. The lowest BCUT2D eigenvalue weighted by Gasteiger charge is -2.33. The summed E-state index contributed by atoms with van der Waals surface area (Å²) in [7, 11) is 0. The summed E-state index contributed by atoms with van der Waals surface area (Å²) in [5.74, 6) is 0.928. The molecule has 0 bridgehead atoms. The molecule has 0 N–H and O–H groups in total. The molecular weight excluding hydrogens is 565 g/mol. The number of hydrogen-bond acceptors (Lipinski definition) is 3. The summed E-state index contributed by atoms with van der Waals surface area (Å²) >= 11 is 1.86. The summed E-state index contributed by atoms with van der Waals surface area (Å²) in [6.45, 7) is 4.66. The van der Waals surface area contributed by atoms with Crippen molar-refractivity contribution in [1.29, 1.82) is 0 Å². The standard InChI is InChI=1S/C42H28N2S/c1-42(2)33-15-5-3-12-27(33)30-22-26(20-21-34(30)42)35-16-9-19-40(43-35)44-36-17-8-11-25-10-7-14-29(41(25)36)31-23-32-28-13-4-6-18-38(28)45-39(32)24-37(31)44/h3-24H,1-2H3. The number of pyridine rings is 1. The highest BCUT2D eigenvalue weighted by Gasteiger charge is 2.35. The van der Waals surface area contributed by atoms with E-state index in [2.05, 4.69) is 152 Å². The Kier molecular flexibility index (Phi) is 4.97. The Labute approximate surface area is 265 Å². The minimum atomic E-state index is -0.0127. The third-order valence-corrected chi connectivity index (χ3v) is 11.1. The van der Waals surface area contributed by atoms with E-state index in [-0.39, 0.29) is 5.41 Å². The Morgan fingerprint density at radius 3 is 2.27 bits per heavy atom. The van der Waals surface area contributed by atoms with Gasteiger partial charge in [0, 0.05) is 42.1 Å². The molecule has 0 saturated heterocycles. The quantitative estimate of drug-likeness (QED) is 0.198. The van der Waals surface area contributed by atoms with Crippen LogP contribution in [-0.4, -0.2) is 4.98 Å². The van der Waals surface area contributed by atoms with Crippen LogP contribution < -0.4 is 4.90 Å². The van der Waals surface area contributed by atoms with Crippen molar-refractivity contribution in [1.82, 2.24) is 4.98 Å². The number of aromatic nitrogens is 1. The first-order chi connectivity index (χ1) is 22.1. The molecule has 0 fully saturated rings. The van der Waals surface area contributed by atoms with Crippen LogP contribution in [0.3, 0.4) is 0 Å². The van der Waals surface area contributed by atoms with Crippen LogP contribution in [0.5, 0.6) is 0 Å². The summed E-state index contributed by atoms with van der Waals surface area (Å²) in [5, 5.41) is 5.15. The molecule has 10 rings (SSSR count). The van der Waals surface area contributed by atoms with E-state index >= 15 is 0 Å². The van der Waals surface area contributed by atoms with E-state index in [4.69, 9.17) is 4.98 Å². The average molecular weight is 593 g/mol. The molecule has 0 amide bonds. The average Bonchev–Trinajstić information content (AvgIpc) is 3.55. The highest BCUT2D eigenvalue weighted by atomic mass is 32.1. The molecule has 2 nitrogen and oxygen atoms in total. The van der Waals surface area contributed by atoms with Gasteiger partial charge >= 0.3 is 0 Å². The Hall–Kier alpha value is -5.25. The van der Waals surface area contributed by atoms with Crippen molar-refractivity contribution in [2.24, 2.45) is 0 Å². The minimum absolute atomic E-state index is 0.0127. The third-order valence-electron chi connectivity index (χ3n) is 9.99. The maximum absolute atomic E-state index is 5.40. The molecule has 0 radical (unpaired) electrons. The lowest BCUT2D eigenvalue weighted by molar-refractivity contribution is 0.660. The van der Waals surface area contributed by atoms with Gasteiger partial charge in [0.25, 0.3) is 0 Å². The van der Waals surface area contributed by atoms with Gasteiger partial charge in [-0.15, -0.1) is 11.3 Å². The van der Waals surface area contributed by atoms with Crippen molar-refractivity contribution in [3.63, 3.8) is 0 Å². The smallest absolute Gasteiger partial charge is 0.138 e. The van der Waals surface area contributed by atoms with Crippen LogP contribution >= 0.6 is 11.3 Å². The predicted molar refractivity (Wildman–Crippen MR) is 191 cm³/mol. The lowest BCUT2D eigenvalue weighted by atomic mass is 9.82. The molecule has 0 saturated carbocycles. The summed E-state index contributed by atoms with van der Waals surface area (Å²) in [6, 6.07) is 49.0. The molecule has 2 aliphatic rings. The summed E-state index contributed by atoms with van der Waals surface area (Å²) in [4.78, 5) is 7.77. The number of rotatable bonds is 2. The van der Waals surface area contributed by atoms with Crippen LogP contribution in [0, 0.1) is 0 Å². The van der Waals surface area contributed by atoms with E-state index in [1.807, 2.05) is 11.3 Å². The Morgan fingerprint density at radius 1 is 0.556 bits per heavy atom. The fourth-order valence-electron chi connectivity index (χ4n) is 7.86. The van der Waals surface area contributed by atoms with Gasteiger partial charge in [-0.2, -0.15) is 0 Å². The molecule has 0 atom stereocenters. The van der Waals surface area contributed by atoms with Gasteiger partial charge < -0.3 is 0 Å². The molecule has 3 heteroatoms. The molecule has 0 unspecified atom stereocenters. The zero-order chi connectivity index (χ0) is 29.9. The van der Waals surface area contributed by atoms with E-state index < -0.39 is 0 Å². The Bertz CT molecular complexity index is 2530. The summed E-state index contributed by atoms with van der Waals surface area (Å²) in [5.41, 5.74) is 12.4. The largest absolute Gasteiger partial charge is 0.294 e. The zero-order valence-corrected chi connectivity index (χ0v) is 25.8. The van der Waals surface area contributed by atoms with E-state index in [0.717, 1.165) is 17.1 Å². The van der Waals surface area contributed by atoms with Crippen LogP contribution in [0.4, 0.5) is 17.2 Å². The lowest BCUT2D eigenvalue weighted by Crippen LogP contribution is -2.16. The maximum atomic E-state index is 5.40. The Balaban J connectivity index is 1.20. The summed E-state index contributed by atoms with van der Waals surface area (Å²) < 4.78 is 2.61. The fourth-order valence-corrected chi connectivity index (χ4v) is 8.98. The molecule has 1 aliphatic carbocycles. The van der Waals surface area contributed by atoms with Crippen molar-refractivity contribution >= 4 is 59.5 Å². The topological polar surface area (TPSA) is 16.1 Å². The predicted octanol–water partition coefficient (Wildman–Crippen LogP) is 12.0. The SMILES string of the molecule is CC1(C)c2ccccc2-c2cc(-c3cccc(N4c5cc6sc7ccccc7c6cc5-c5cccc6cccc4c56)n3)ccc21. The van der Waals surface area contributed by atoms with Crippen LogP contribution in [0.2, 0.25) is 0 Å². The van der Waals surface area contributed by atoms with Gasteiger partial charge in [-0.25, -0.2) is 4.98 Å². The van der Waals surface area contributed by atoms with Crippen molar-refractivity contribution < 1.29 is 0 Å². The number of fused-ring (bicyclic) bond motifs is 8. The Morgan fingerprint density at radius 2 is 1.33 bits per heavy atom. The van der Waals surface area contributed by atoms with Gasteiger partial charge in [-0.3, -0.25) is 4.90 Å². The van der Waals surface area contributed by atoms with Crippen molar-refractivity contribution in [3.05, 3.63) is 145 Å². The first kappa shape index (κ1) is 25.1. The van der Waals surface area contributed by atoms with Crippen LogP contribution in [0.15, 0.2) is 133 Å². The van der Waals surface area contributed by atoms with E-state index in [9.17, 15) is 0 Å². The van der Waals surface area contributed by atoms with Crippen LogP contribution in [-0.2, 0) is 5.41 Å². The molecule has 2 aromatic heterocycles. The van der Waals surface area contributed by atoms with Crippen LogP contribution in [0.25, 0.3) is 64.5 Å². The molecule has 8 aromatic rings. The molecule has 0 spiro atoms. The van der Waals surface area contributed by atoms with Gasteiger partial charge in [0.05, 0.1) is 17.1 Å². The molecular formula is C42H28N2S. The first-order valence-corrected chi connectivity index (χ1v) is 16.4. The molecule has 212 valence electrons. The molecule has 6 aromatic carbocycles. The highest BCUT2D eigenvalue weighted by Crippen LogP contribution is 2.53. The number of benzene rings is 6.